The Labute approximate surface area is 138 Å². The lowest BCUT2D eigenvalue weighted by Gasteiger charge is -2.37. The number of aliphatic hydroxyl groups is 1. The van der Waals surface area contributed by atoms with Crippen LogP contribution in [0.4, 0.5) is 0 Å². The number of hydrogen-bond acceptors (Lipinski definition) is 5. The monoisotopic (exact) mass is 323 g/mol. The highest BCUT2D eigenvalue weighted by Crippen LogP contribution is 2.38. The number of ketones is 1. The van der Waals surface area contributed by atoms with Gasteiger partial charge >= 0.3 is 0 Å². The Morgan fingerprint density at radius 3 is 2.78 bits per heavy atom. The normalized spacial score (nSPS) is 29.8. The molecule has 1 heterocycles. The topological polar surface area (TPSA) is 68.1 Å². The minimum atomic E-state index is -0.0107. The van der Waals surface area contributed by atoms with Crippen LogP contribution in [0, 0.1) is 17.8 Å². The van der Waals surface area contributed by atoms with Gasteiger partial charge in [0.2, 0.25) is 0 Å². The van der Waals surface area contributed by atoms with Crippen LogP contribution in [0.1, 0.15) is 52.9 Å². The van der Waals surface area contributed by atoms with E-state index >= 15 is 0 Å². The number of nitrogens with zero attached hydrogens (tertiary/aromatic N) is 1. The fourth-order valence-electron chi connectivity index (χ4n) is 3.62. The number of oxime groups is 1. The van der Waals surface area contributed by atoms with Crippen molar-refractivity contribution in [3.63, 3.8) is 0 Å². The minimum Gasteiger partial charge on any atom is -0.511 e. The van der Waals surface area contributed by atoms with Crippen LogP contribution in [0.3, 0.4) is 0 Å². The molecule has 1 aliphatic heterocycles. The van der Waals surface area contributed by atoms with E-state index in [9.17, 15) is 9.90 Å². The van der Waals surface area contributed by atoms with Crippen LogP contribution in [0.15, 0.2) is 16.5 Å². The van der Waals surface area contributed by atoms with Gasteiger partial charge in [-0.1, -0.05) is 25.4 Å². The summed E-state index contributed by atoms with van der Waals surface area (Å²) in [5, 5.41) is 14.6. The van der Waals surface area contributed by atoms with E-state index in [0.717, 1.165) is 19.4 Å². The maximum Gasteiger partial charge on any atom is 0.168 e. The summed E-state index contributed by atoms with van der Waals surface area (Å²) in [6, 6.07) is 0. The lowest BCUT2D eigenvalue weighted by Crippen LogP contribution is -2.36. The molecule has 1 N–H and O–H groups in total. The Bertz CT molecular complexity index is 483. The van der Waals surface area contributed by atoms with Crippen molar-refractivity contribution in [1.29, 1.82) is 0 Å². The lowest BCUT2D eigenvalue weighted by molar-refractivity contribution is -0.118. The molecule has 0 radical (unpaired) electrons. The van der Waals surface area contributed by atoms with E-state index in [4.69, 9.17) is 9.57 Å². The smallest absolute Gasteiger partial charge is 0.168 e. The zero-order valence-electron chi connectivity index (χ0n) is 14.5. The van der Waals surface area contributed by atoms with Crippen molar-refractivity contribution in [2.24, 2.45) is 22.9 Å². The number of hydrogen-bond donors (Lipinski definition) is 1. The first kappa shape index (κ1) is 18.0. The molecule has 1 saturated heterocycles. The Kier molecular flexibility index (Phi) is 6.63. The second-order valence-electron chi connectivity index (χ2n) is 6.62. The fourth-order valence-corrected chi connectivity index (χ4v) is 3.62. The SMILES string of the molecule is CCC/C(=N/OCC)C1=C(O)CC(C2COCCC2C)CC1=O. The summed E-state index contributed by atoms with van der Waals surface area (Å²) in [5.74, 6) is 1.20. The number of carbonyl (C=O) groups is 1. The van der Waals surface area contributed by atoms with E-state index in [2.05, 4.69) is 12.1 Å². The molecule has 2 aliphatic rings. The first-order valence-corrected chi connectivity index (χ1v) is 8.80. The highest BCUT2D eigenvalue weighted by atomic mass is 16.6. The first-order chi connectivity index (χ1) is 11.1. The number of carbonyl (C=O) groups excluding carboxylic acids is 1. The van der Waals surface area contributed by atoms with Crippen LogP contribution in [-0.4, -0.2) is 36.4 Å². The molecule has 0 aromatic heterocycles. The molecule has 5 nitrogen and oxygen atoms in total. The second-order valence-corrected chi connectivity index (χ2v) is 6.62. The fraction of sp³-hybridized carbons (Fsp3) is 0.778. The Hall–Kier alpha value is -1.36. The Morgan fingerprint density at radius 2 is 2.17 bits per heavy atom. The van der Waals surface area contributed by atoms with Crippen molar-refractivity contribution in [2.45, 2.75) is 52.9 Å². The van der Waals surface area contributed by atoms with E-state index in [1.54, 1.807) is 0 Å². The van der Waals surface area contributed by atoms with Crippen molar-refractivity contribution in [3.8, 4) is 0 Å². The highest BCUT2D eigenvalue weighted by molar-refractivity contribution is 6.23. The first-order valence-electron chi connectivity index (χ1n) is 8.80. The van der Waals surface area contributed by atoms with Crippen molar-refractivity contribution in [2.75, 3.05) is 19.8 Å². The zero-order valence-corrected chi connectivity index (χ0v) is 14.5. The van der Waals surface area contributed by atoms with E-state index in [1.807, 2.05) is 13.8 Å². The van der Waals surface area contributed by atoms with Gasteiger partial charge in [-0.3, -0.25) is 4.79 Å². The molecule has 1 fully saturated rings. The van der Waals surface area contributed by atoms with E-state index < -0.39 is 0 Å². The van der Waals surface area contributed by atoms with Crippen LogP contribution < -0.4 is 0 Å². The van der Waals surface area contributed by atoms with E-state index in [0.29, 0.717) is 55.6 Å². The predicted molar refractivity (Wildman–Crippen MR) is 89.4 cm³/mol. The van der Waals surface area contributed by atoms with E-state index in [1.165, 1.54) is 0 Å². The third kappa shape index (κ3) is 4.34. The third-order valence-corrected chi connectivity index (χ3v) is 4.91. The average molecular weight is 323 g/mol. The van der Waals surface area contributed by atoms with Crippen LogP contribution >= 0.6 is 0 Å². The van der Waals surface area contributed by atoms with Crippen LogP contribution in [0.25, 0.3) is 0 Å². The van der Waals surface area contributed by atoms with Gasteiger partial charge in [-0.2, -0.15) is 0 Å². The molecule has 1 aliphatic carbocycles. The second kappa shape index (κ2) is 8.48. The zero-order chi connectivity index (χ0) is 16.8. The Balaban J connectivity index is 2.18. The van der Waals surface area contributed by atoms with Crippen molar-refractivity contribution in [3.05, 3.63) is 11.3 Å². The van der Waals surface area contributed by atoms with Gasteiger partial charge in [-0.05, 0) is 37.5 Å². The average Bonchev–Trinajstić information content (AvgIpc) is 2.52. The van der Waals surface area contributed by atoms with Gasteiger partial charge in [0, 0.05) is 26.1 Å². The molecular weight excluding hydrogens is 294 g/mol. The van der Waals surface area contributed by atoms with Crippen LogP contribution in [0.2, 0.25) is 0 Å². The quantitative estimate of drug-likeness (QED) is 0.598. The predicted octanol–water partition coefficient (Wildman–Crippen LogP) is 3.64. The van der Waals surface area contributed by atoms with Gasteiger partial charge < -0.3 is 14.7 Å². The molecule has 0 bridgehead atoms. The van der Waals surface area contributed by atoms with Gasteiger partial charge in [0.15, 0.2) is 5.78 Å². The molecule has 0 saturated carbocycles. The van der Waals surface area contributed by atoms with E-state index in [-0.39, 0.29) is 17.5 Å². The number of rotatable bonds is 6. The summed E-state index contributed by atoms with van der Waals surface area (Å²) in [7, 11) is 0. The maximum atomic E-state index is 12.6. The molecule has 3 atom stereocenters. The number of allylic oxidation sites excluding steroid dienone is 2. The summed E-state index contributed by atoms with van der Waals surface area (Å²) >= 11 is 0. The van der Waals surface area contributed by atoms with Gasteiger partial charge in [0.25, 0.3) is 0 Å². The minimum absolute atomic E-state index is 0.0107. The maximum absolute atomic E-state index is 12.6. The molecule has 2 rings (SSSR count). The van der Waals surface area contributed by atoms with Gasteiger partial charge in [0.1, 0.15) is 12.4 Å². The summed E-state index contributed by atoms with van der Waals surface area (Å²) in [5.41, 5.74) is 0.976. The molecule has 3 unspecified atom stereocenters. The molecule has 23 heavy (non-hydrogen) atoms. The molecular formula is C18H29NO4. The molecule has 0 aromatic carbocycles. The van der Waals surface area contributed by atoms with Crippen molar-refractivity contribution < 1.29 is 19.5 Å². The summed E-state index contributed by atoms with van der Waals surface area (Å²) in [6.45, 7) is 8.03. The Morgan fingerprint density at radius 1 is 1.39 bits per heavy atom. The summed E-state index contributed by atoms with van der Waals surface area (Å²) in [6.07, 6.45) is 3.52. The number of aliphatic hydroxyl groups excluding tert-OH is 1. The van der Waals surface area contributed by atoms with Crippen molar-refractivity contribution >= 4 is 11.5 Å². The third-order valence-electron chi connectivity index (χ3n) is 4.91. The summed E-state index contributed by atoms with van der Waals surface area (Å²) < 4.78 is 5.59. The molecule has 0 spiro atoms. The molecule has 5 heteroatoms. The molecule has 0 aromatic rings. The largest absolute Gasteiger partial charge is 0.511 e. The standard InChI is InChI=1S/C18H29NO4/c1-4-6-15(19-23-5-2)18-16(20)9-13(10-17(18)21)14-11-22-8-7-12(14)3/h12-14,20H,4-11H2,1-3H3/b19-15-. The molecule has 0 amide bonds. The van der Waals surface area contributed by atoms with Crippen molar-refractivity contribution in [1.82, 2.24) is 0 Å². The van der Waals surface area contributed by atoms with Crippen LogP contribution in [-0.2, 0) is 14.4 Å². The molecule has 130 valence electrons. The summed E-state index contributed by atoms with van der Waals surface area (Å²) in [4.78, 5) is 17.8. The lowest BCUT2D eigenvalue weighted by atomic mass is 9.72. The van der Waals surface area contributed by atoms with Gasteiger partial charge in [-0.25, -0.2) is 0 Å². The van der Waals surface area contributed by atoms with Crippen LogP contribution in [0.5, 0.6) is 0 Å². The van der Waals surface area contributed by atoms with Gasteiger partial charge in [0.05, 0.1) is 11.3 Å². The number of ether oxygens (including phenoxy) is 1. The highest BCUT2D eigenvalue weighted by Gasteiger charge is 2.37. The van der Waals surface area contributed by atoms with Gasteiger partial charge in [-0.15, -0.1) is 0 Å². The number of Topliss-reactive ketones (excluding diaryl/α,β-unsaturated/α-hetero) is 1.